The molecule has 20 heavy (non-hydrogen) atoms. The Bertz CT molecular complexity index is 469. The highest BCUT2D eigenvalue weighted by Crippen LogP contribution is 2.22. The van der Waals surface area contributed by atoms with Crippen LogP contribution >= 0.6 is 11.3 Å². The number of hydrogen-bond donors (Lipinski definition) is 0. The van der Waals surface area contributed by atoms with Crippen molar-refractivity contribution in [3.05, 3.63) is 21.4 Å². The van der Waals surface area contributed by atoms with Crippen molar-refractivity contribution >= 4 is 17.1 Å². The van der Waals surface area contributed by atoms with Crippen LogP contribution in [-0.2, 0) is 0 Å². The summed E-state index contributed by atoms with van der Waals surface area (Å²) in [7, 11) is 2.18. The molecular formula is C16H26N2OS. The van der Waals surface area contributed by atoms with E-state index in [0.29, 0.717) is 12.6 Å². The van der Waals surface area contributed by atoms with Gasteiger partial charge in [-0.1, -0.05) is 6.92 Å². The maximum Gasteiger partial charge on any atom is 0.177 e. The van der Waals surface area contributed by atoms with Crippen molar-refractivity contribution in [2.75, 3.05) is 33.2 Å². The summed E-state index contributed by atoms with van der Waals surface area (Å²) < 4.78 is 0. The van der Waals surface area contributed by atoms with Gasteiger partial charge in [-0.05, 0) is 46.3 Å². The lowest BCUT2D eigenvalue weighted by Gasteiger charge is -2.29. The smallest absolute Gasteiger partial charge is 0.177 e. The van der Waals surface area contributed by atoms with Gasteiger partial charge in [0, 0.05) is 34.4 Å². The van der Waals surface area contributed by atoms with Crippen LogP contribution in [0.2, 0.25) is 0 Å². The summed E-state index contributed by atoms with van der Waals surface area (Å²) >= 11 is 1.72. The summed E-state index contributed by atoms with van der Waals surface area (Å²) in [5.74, 6) is 0.287. The van der Waals surface area contributed by atoms with Gasteiger partial charge < -0.3 is 4.90 Å². The van der Waals surface area contributed by atoms with E-state index in [0.717, 1.165) is 42.9 Å². The molecule has 0 spiro atoms. The van der Waals surface area contributed by atoms with E-state index < -0.39 is 0 Å². The summed E-state index contributed by atoms with van der Waals surface area (Å²) in [4.78, 5) is 19.7. The Morgan fingerprint density at radius 1 is 1.40 bits per heavy atom. The second-order valence-corrected chi connectivity index (χ2v) is 7.36. The molecule has 2 rings (SSSR count). The van der Waals surface area contributed by atoms with Crippen LogP contribution < -0.4 is 0 Å². The Morgan fingerprint density at radius 2 is 2.15 bits per heavy atom. The van der Waals surface area contributed by atoms with E-state index in [1.54, 1.807) is 11.3 Å². The van der Waals surface area contributed by atoms with Crippen LogP contribution in [0.4, 0.5) is 0 Å². The van der Waals surface area contributed by atoms with E-state index in [2.05, 4.69) is 37.6 Å². The monoisotopic (exact) mass is 294 g/mol. The van der Waals surface area contributed by atoms with E-state index in [1.165, 1.54) is 4.88 Å². The number of ketones is 1. The largest absolute Gasteiger partial charge is 0.305 e. The van der Waals surface area contributed by atoms with E-state index >= 15 is 0 Å². The third-order valence-corrected chi connectivity index (χ3v) is 5.15. The Kier molecular flexibility index (Phi) is 5.35. The third-order valence-electron chi connectivity index (χ3n) is 4.18. The molecule has 0 N–H and O–H groups in total. The molecule has 1 aromatic heterocycles. The molecule has 2 heterocycles. The highest BCUT2D eigenvalue weighted by molar-refractivity contribution is 7.12. The summed E-state index contributed by atoms with van der Waals surface area (Å²) in [6.45, 7) is 10.2. The molecule has 112 valence electrons. The Morgan fingerprint density at radius 3 is 2.75 bits per heavy atom. The normalized spacial score (nSPS) is 21.9. The van der Waals surface area contributed by atoms with Crippen LogP contribution in [0.15, 0.2) is 6.07 Å². The van der Waals surface area contributed by atoms with Gasteiger partial charge in [0.25, 0.3) is 0 Å². The van der Waals surface area contributed by atoms with Gasteiger partial charge in [0.2, 0.25) is 0 Å². The minimum Gasteiger partial charge on any atom is -0.305 e. The second-order valence-electron chi connectivity index (χ2n) is 5.90. The van der Waals surface area contributed by atoms with Crippen LogP contribution in [0.25, 0.3) is 0 Å². The Hall–Kier alpha value is -0.710. The number of Topliss-reactive ketones (excluding diaryl/α,β-unsaturated/α-hetero) is 1. The molecule has 1 saturated heterocycles. The topological polar surface area (TPSA) is 23.6 Å². The zero-order valence-corrected chi connectivity index (χ0v) is 13.9. The predicted molar refractivity (Wildman–Crippen MR) is 85.9 cm³/mol. The van der Waals surface area contributed by atoms with E-state index in [1.807, 2.05) is 6.07 Å². The van der Waals surface area contributed by atoms with E-state index in [9.17, 15) is 4.79 Å². The van der Waals surface area contributed by atoms with Gasteiger partial charge in [-0.15, -0.1) is 11.3 Å². The highest BCUT2D eigenvalue weighted by atomic mass is 32.1. The van der Waals surface area contributed by atoms with Crippen molar-refractivity contribution in [2.24, 2.45) is 0 Å². The minimum atomic E-state index is 0.287. The van der Waals surface area contributed by atoms with Gasteiger partial charge in [0.1, 0.15) is 0 Å². The van der Waals surface area contributed by atoms with Crippen molar-refractivity contribution in [1.29, 1.82) is 0 Å². The highest BCUT2D eigenvalue weighted by Gasteiger charge is 2.24. The van der Waals surface area contributed by atoms with Crippen molar-refractivity contribution in [3.63, 3.8) is 0 Å². The maximum atomic E-state index is 12.6. The first-order chi connectivity index (χ1) is 9.51. The van der Waals surface area contributed by atoms with Crippen LogP contribution in [0.1, 0.15) is 39.9 Å². The van der Waals surface area contributed by atoms with E-state index in [-0.39, 0.29) is 5.78 Å². The number of carbonyl (C=O) groups is 1. The number of hydrogen-bond acceptors (Lipinski definition) is 4. The number of carbonyl (C=O) groups excluding carboxylic acids is 1. The average molecular weight is 294 g/mol. The molecule has 1 aliphatic rings. The number of thiophene rings is 1. The van der Waals surface area contributed by atoms with Crippen molar-refractivity contribution in [1.82, 2.24) is 9.80 Å². The molecule has 1 unspecified atom stereocenters. The first kappa shape index (κ1) is 15.7. The van der Waals surface area contributed by atoms with Gasteiger partial charge in [-0.3, -0.25) is 9.69 Å². The number of rotatable bonds is 4. The summed E-state index contributed by atoms with van der Waals surface area (Å²) in [5.41, 5.74) is 0.931. The zero-order valence-electron chi connectivity index (χ0n) is 13.1. The zero-order chi connectivity index (χ0) is 14.7. The lowest BCUT2D eigenvalue weighted by atomic mass is 10.1. The molecule has 4 heteroatoms. The molecule has 3 nitrogen and oxygen atoms in total. The third kappa shape index (κ3) is 3.68. The molecule has 0 aromatic carbocycles. The minimum absolute atomic E-state index is 0.287. The fourth-order valence-electron chi connectivity index (χ4n) is 3.07. The van der Waals surface area contributed by atoms with Gasteiger partial charge >= 0.3 is 0 Å². The quantitative estimate of drug-likeness (QED) is 0.798. The lowest BCUT2D eigenvalue weighted by molar-refractivity contribution is 0.0888. The van der Waals surface area contributed by atoms with Gasteiger partial charge in [0.05, 0.1) is 6.54 Å². The van der Waals surface area contributed by atoms with Crippen LogP contribution in [0, 0.1) is 13.8 Å². The number of nitrogens with zero attached hydrogens (tertiary/aromatic N) is 2. The average Bonchev–Trinajstić information content (AvgIpc) is 2.63. The first-order valence-electron chi connectivity index (χ1n) is 7.54. The predicted octanol–water partition coefficient (Wildman–Crippen LogP) is 2.96. The molecule has 1 aromatic rings. The van der Waals surface area contributed by atoms with Crippen molar-refractivity contribution in [2.45, 2.75) is 39.7 Å². The molecule has 0 bridgehead atoms. The Balaban J connectivity index is 2.07. The van der Waals surface area contributed by atoms with Gasteiger partial charge in [0.15, 0.2) is 5.78 Å². The molecule has 1 aliphatic heterocycles. The molecule has 0 radical (unpaired) electrons. The molecular weight excluding hydrogens is 268 g/mol. The SMILES string of the molecule is CCC1CN(C)CCCN1CC(=O)c1cc(C)sc1C. The maximum absolute atomic E-state index is 12.6. The fraction of sp³-hybridized carbons (Fsp3) is 0.688. The van der Waals surface area contributed by atoms with Gasteiger partial charge in [-0.25, -0.2) is 0 Å². The number of likely N-dealkylation sites (N-methyl/N-ethyl adjacent to an activating group) is 1. The van der Waals surface area contributed by atoms with Crippen LogP contribution in [0.5, 0.6) is 0 Å². The summed E-state index contributed by atoms with van der Waals surface area (Å²) in [5, 5.41) is 0. The molecule has 1 atom stereocenters. The summed E-state index contributed by atoms with van der Waals surface area (Å²) in [6.07, 6.45) is 2.27. The molecule has 0 amide bonds. The van der Waals surface area contributed by atoms with E-state index in [4.69, 9.17) is 0 Å². The summed E-state index contributed by atoms with van der Waals surface area (Å²) in [6, 6.07) is 2.55. The molecule has 0 saturated carbocycles. The van der Waals surface area contributed by atoms with Crippen LogP contribution in [-0.4, -0.2) is 54.9 Å². The fourth-order valence-corrected chi connectivity index (χ4v) is 4.01. The lowest BCUT2D eigenvalue weighted by Crippen LogP contribution is -2.42. The molecule has 0 aliphatic carbocycles. The van der Waals surface area contributed by atoms with Gasteiger partial charge in [-0.2, -0.15) is 0 Å². The molecule has 1 fully saturated rings. The standard InChI is InChI=1S/C16H26N2OS/c1-5-14-10-17(4)7-6-8-18(14)11-16(19)15-9-12(2)20-13(15)3/h9,14H,5-8,10-11H2,1-4H3. The first-order valence-corrected chi connectivity index (χ1v) is 8.35. The van der Waals surface area contributed by atoms with Crippen LogP contribution in [0.3, 0.4) is 0 Å². The second kappa shape index (κ2) is 6.83. The van der Waals surface area contributed by atoms with Crippen molar-refractivity contribution < 1.29 is 4.79 Å². The Labute approximate surface area is 126 Å². The van der Waals surface area contributed by atoms with Crippen molar-refractivity contribution in [3.8, 4) is 0 Å². The number of aryl methyl sites for hydroxylation is 2.